The van der Waals surface area contributed by atoms with Crippen LogP contribution in [0.5, 0.6) is 0 Å². The summed E-state index contributed by atoms with van der Waals surface area (Å²) in [4.78, 5) is 25.8. The molecule has 8 heteroatoms. The third-order valence-electron chi connectivity index (χ3n) is 5.12. The highest BCUT2D eigenvalue weighted by atomic mass is 16.4. The molecule has 1 aliphatic heterocycles. The Balaban J connectivity index is 1.54. The molecule has 0 saturated heterocycles. The lowest BCUT2D eigenvalue weighted by atomic mass is 10.1. The standard InChI is InChI=1S/C21H23N5O3/c1-24-19(13-18(23-24)15-6-3-2-4-7-15)21(29)25-10-5-11-26-17(14-25)12-16(22-26)8-9-20(27)28/h2-4,6-7,12-13H,5,8-11,14H2,1H3,(H,27,28). The van der Waals surface area contributed by atoms with Gasteiger partial charge in [0.2, 0.25) is 0 Å². The van der Waals surface area contributed by atoms with Gasteiger partial charge in [-0.05, 0) is 18.6 Å². The molecule has 150 valence electrons. The van der Waals surface area contributed by atoms with Crippen LogP contribution in [-0.4, -0.2) is 48.0 Å². The van der Waals surface area contributed by atoms with Crippen LogP contribution in [0.15, 0.2) is 42.5 Å². The lowest BCUT2D eigenvalue weighted by Gasteiger charge is -2.19. The highest BCUT2D eigenvalue weighted by Crippen LogP contribution is 2.21. The summed E-state index contributed by atoms with van der Waals surface area (Å²) >= 11 is 0. The largest absolute Gasteiger partial charge is 0.481 e. The zero-order valence-electron chi connectivity index (χ0n) is 16.3. The molecule has 1 amide bonds. The number of amides is 1. The lowest BCUT2D eigenvalue weighted by molar-refractivity contribution is -0.136. The van der Waals surface area contributed by atoms with Crippen molar-refractivity contribution in [1.29, 1.82) is 0 Å². The van der Waals surface area contributed by atoms with Gasteiger partial charge in [0.15, 0.2) is 0 Å². The van der Waals surface area contributed by atoms with E-state index in [1.54, 1.807) is 11.7 Å². The Bertz CT molecular complexity index is 1040. The van der Waals surface area contributed by atoms with Gasteiger partial charge in [-0.1, -0.05) is 30.3 Å². The Morgan fingerprint density at radius 3 is 2.66 bits per heavy atom. The van der Waals surface area contributed by atoms with E-state index in [1.165, 1.54) is 0 Å². The number of hydrogen-bond acceptors (Lipinski definition) is 4. The molecule has 0 atom stereocenters. The fourth-order valence-electron chi connectivity index (χ4n) is 3.63. The van der Waals surface area contributed by atoms with E-state index in [9.17, 15) is 9.59 Å². The highest BCUT2D eigenvalue weighted by Gasteiger charge is 2.24. The van der Waals surface area contributed by atoms with Crippen molar-refractivity contribution >= 4 is 11.9 Å². The average molecular weight is 393 g/mol. The van der Waals surface area contributed by atoms with Crippen LogP contribution in [0.2, 0.25) is 0 Å². The van der Waals surface area contributed by atoms with Gasteiger partial charge in [0, 0.05) is 32.1 Å². The first kappa shape index (κ1) is 18.9. The fourth-order valence-corrected chi connectivity index (χ4v) is 3.63. The summed E-state index contributed by atoms with van der Waals surface area (Å²) in [7, 11) is 1.78. The summed E-state index contributed by atoms with van der Waals surface area (Å²) < 4.78 is 3.52. The number of rotatable bonds is 5. The van der Waals surface area contributed by atoms with Gasteiger partial charge in [0.1, 0.15) is 5.69 Å². The van der Waals surface area contributed by atoms with Crippen molar-refractivity contribution in [3.05, 3.63) is 59.5 Å². The summed E-state index contributed by atoms with van der Waals surface area (Å²) in [5.74, 6) is -0.903. The molecule has 0 unspecified atom stereocenters. The quantitative estimate of drug-likeness (QED) is 0.718. The predicted molar refractivity (Wildman–Crippen MR) is 106 cm³/mol. The van der Waals surface area contributed by atoms with Crippen molar-refractivity contribution in [3.8, 4) is 11.3 Å². The maximum Gasteiger partial charge on any atom is 0.303 e. The molecule has 1 aliphatic rings. The lowest BCUT2D eigenvalue weighted by Crippen LogP contribution is -2.32. The fraction of sp³-hybridized carbons (Fsp3) is 0.333. The third kappa shape index (κ3) is 4.06. The molecule has 1 N–H and O–H groups in total. The van der Waals surface area contributed by atoms with Crippen LogP contribution in [0.3, 0.4) is 0 Å². The Labute approximate surface area is 168 Å². The Morgan fingerprint density at radius 1 is 1.10 bits per heavy atom. The normalized spacial score (nSPS) is 13.8. The molecule has 3 aromatic rings. The van der Waals surface area contributed by atoms with E-state index in [-0.39, 0.29) is 12.3 Å². The van der Waals surface area contributed by atoms with Crippen LogP contribution < -0.4 is 0 Å². The Kier molecular flexibility index (Phi) is 5.16. The number of carbonyl (C=O) groups excluding carboxylic acids is 1. The van der Waals surface area contributed by atoms with Crippen LogP contribution in [0.4, 0.5) is 0 Å². The molecular weight excluding hydrogens is 370 g/mol. The summed E-state index contributed by atoms with van der Waals surface area (Å²) in [6.45, 7) is 1.80. The molecule has 8 nitrogen and oxygen atoms in total. The van der Waals surface area contributed by atoms with Gasteiger partial charge in [-0.2, -0.15) is 10.2 Å². The smallest absolute Gasteiger partial charge is 0.303 e. The molecule has 4 rings (SSSR count). The number of aryl methyl sites for hydroxylation is 3. The van der Waals surface area contributed by atoms with E-state index in [0.29, 0.717) is 31.7 Å². The zero-order valence-corrected chi connectivity index (χ0v) is 16.3. The molecule has 0 fully saturated rings. The molecule has 0 spiro atoms. The molecule has 29 heavy (non-hydrogen) atoms. The van der Waals surface area contributed by atoms with Gasteiger partial charge in [-0.25, -0.2) is 0 Å². The van der Waals surface area contributed by atoms with Crippen LogP contribution in [-0.2, 0) is 31.4 Å². The molecule has 3 heterocycles. The van der Waals surface area contributed by atoms with E-state index < -0.39 is 5.97 Å². The van der Waals surface area contributed by atoms with Crippen molar-refractivity contribution in [3.63, 3.8) is 0 Å². The van der Waals surface area contributed by atoms with Gasteiger partial charge >= 0.3 is 5.97 Å². The number of carboxylic acid groups (broad SMARTS) is 1. The molecular formula is C21H23N5O3. The minimum Gasteiger partial charge on any atom is -0.481 e. The van der Waals surface area contributed by atoms with Gasteiger partial charge in [0.05, 0.1) is 30.0 Å². The summed E-state index contributed by atoms with van der Waals surface area (Å²) in [5.41, 5.74) is 3.97. The van der Waals surface area contributed by atoms with Crippen LogP contribution in [0.25, 0.3) is 11.3 Å². The minimum atomic E-state index is -0.838. The van der Waals surface area contributed by atoms with E-state index >= 15 is 0 Å². The van der Waals surface area contributed by atoms with Crippen LogP contribution >= 0.6 is 0 Å². The van der Waals surface area contributed by atoms with Crippen LogP contribution in [0, 0.1) is 0 Å². The summed E-state index contributed by atoms with van der Waals surface area (Å²) in [6.07, 6.45) is 1.24. The number of hydrogen-bond donors (Lipinski definition) is 1. The maximum absolute atomic E-state index is 13.2. The molecule has 1 aromatic carbocycles. The SMILES string of the molecule is Cn1nc(-c2ccccc2)cc1C(=O)N1CCCn2nc(CCC(=O)O)cc2C1. The molecule has 0 aliphatic carbocycles. The number of carboxylic acids is 1. The van der Waals surface area contributed by atoms with Gasteiger partial charge in [-0.3, -0.25) is 19.0 Å². The van der Waals surface area contributed by atoms with E-state index in [0.717, 1.165) is 29.1 Å². The first-order valence-corrected chi connectivity index (χ1v) is 9.67. The number of aromatic nitrogens is 4. The number of aliphatic carboxylic acids is 1. The molecule has 0 saturated carbocycles. The highest BCUT2D eigenvalue weighted by molar-refractivity contribution is 5.93. The minimum absolute atomic E-state index is 0.0520. The van der Waals surface area contributed by atoms with E-state index in [1.807, 2.05) is 52.0 Å². The third-order valence-corrected chi connectivity index (χ3v) is 5.12. The maximum atomic E-state index is 13.2. The van der Waals surface area contributed by atoms with Gasteiger partial charge < -0.3 is 10.0 Å². The second-order valence-electron chi connectivity index (χ2n) is 7.23. The van der Waals surface area contributed by atoms with Crippen molar-refractivity contribution < 1.29 is 14.7 Å². The summed E-state index contributed by atoms with van der Waals surface area (Å²) in [6, 6.07) is 13.5. The van der Waals surface area contributed by atoms with Crippen molar-refractivity contribution in [1.82, 2.24) is 24.5 Å². The van der Waals surface area contributed by atoms with Crippen molar-refractivity contribution in [2.45, 2.75) is 32.4 Å². The first-order valence-electron chi connectivity index (χ1n) is 9.67. The van der Waals surface area contributed by atoms with Crippen molar-refractivity contribution in [2.24, 2.45) is 7.05 Å². The average Bonchev–Trinajstić information content (AvgIpc) is 3.23. The molecule has 0 bridgehead atoms. The predicted octanol–water partition coefficient (Wildman–Crippen LogP) is 2.35. The van der Waals surface area contributed by atoms with E-state index in [2.05, 4.69) is 10.2 Å². The monoisotopic (exact) mass is 393 g/mol. The zero-order chi connectivity index (χ0) is 20.4. The van der Waals surface area contributed by atoms with Gasteiger partial charge in [0.25, 0.3) is 5.91 Å². The van der Waals surface area contributed by atoms with Gasteiger partial charge in [-0.15, -0.1) is 0 Å². The van der Waals surface area contributed by atoms with Crippen LogP contribution in [0.1, 0.15) is 34.7 Å². The summed E-state index contributed by atoms with van der Waals surface area (Å²) in [5, 5.41) is 17.9. The number of fused-ring (bicyclic) bond motifs is 1. The van der Waals surface area contributed by atoms with E-state index in [4.69, 9.17) is 5.11 Å². The molecule has 0 radical (unpaired) electrons. The molecule has 2 aromatic heterocycles. The number of benzene rings is 1. The first-order chi connectivity index (χ1) is 14.0. The topological polar surface area (TPSA) is 93.3 Å². The second kappa shape index (κ2) is 7.90. The second-order valence-corrected chi connectivity index (χ2v) is 7.23. The van der Waals surface area contributed by atoms with Crippen molar-refractivity contribution in [2.75, 3.05) is 6.54 Å². The number of carbonyl (C=O) groups is 2. The Hall–Kier alpha value is -3.42. The number of nitrogens with zero attached hydrogens (tertiary/aromatic N) is 5. The Morgan fingerprint density at radius 2 is 1.90 bits per heavy atom.